The lowest BCUT2D eigenvalue weighted by Gasteiger charge is -2.26. The predicted octanol–water partition coefficient (Wildman–Crippen LogP) is 0.156. The number of aromatic amines is 2. The molecule has 5 atom stereocenters. The average molecular weight is 607 g/mol. The summed E-state index contributed by atoms with van der Waals surface area (Å²) >= 11 is 0. The number of fused-ring (bicyclic) bond motifs is 2. The van der Waals surface area contributed by atoms with Crippen LogP contribution in [-0.4, -0.2) is 85.2 Å². The van der Waals surface area contributed by atoms with Crippen molar-refractivity contribution in [3.63, 3.8) is 0 Å². The van der Waals surface area contributed by atoms with E-state index in [0.29, 0.717) is 5.56 Å². The summed E-state index contributed by atoms with van der Waals surface area (Å²) in [5.41, 5.74) is 9.15. The monoisotopic (exact) mass is 606 g/mol. The van der Waals surface area contributed by atoms with Crippen LogP contribution in [0.1, 0.15) is 24.5 Å². The molecule has 0 radical (unpaired) electrons. The number of rotatable bonds is 14. The van der Waals surface area contributed by atoms with Gasteiger partial charge in [0.15, 0.2) is 0 Å². The first-order valence-electron chi connectivity index (χ1n) is 13.8. The third kappa shape index (κ3) is 7.59. The standard InChI is InChI=1S/C30H34N6O8/c1-15(37)26(36-27(40)20(31)10-16-13-32-21-8-4-2-6-18(16)21)29(42)34-23(28(41)35-24(30(43)44)12-25(38)39)11-17-14-33-22-9-5-3-7-19(17)22/h2-9,13-15,20,23-24,26,32-33,37H,10-12,31H2,1H3,(H,34,42)(H,35,41)(H,36,40)(H,38,39)(H,43,44). The zero-order valence-corrected chi connectivity index (χ0v) is 23.7. The summed E-state index contributed by atoms with van der Waals surface area (Å²) in [7, 11) is 0. The van der Waals surface area contributed by atoms with Gasteiger partial charge in [-0.25, -0.2) is 4.79 Å². The molecule has 5 unspecified atom stereocenters. The van der Waals surface area contributed by atoms with E-state index in [-0.39, 0.29) is 12.8 Å². The second-order valence-electron chi connectivity index (χ2n) is 10.5. The average Bonchev–Trinajstić information content (AvgIpc) is 3.58. The Morgan fingerprint density at radius 2 is 1.27 bits per heavy atom. The first-order chi connectivity index (χ1) is 20.9. The van der Waals surface area contributed by atoms with Gasteiger partial charge in [0.2, 0.25) is 17.7 Å². The molecule has 0 bridgehead atoms. The van der Waals surface area contributed by atoms with E-state index in [0.717, 1.165) is 27.4 Å². The second kappa shape index (κ2) is 13.8. The van der Waals surface area contributed by atoms with Crippen molar-refractivity contribution in [2.45, 2.75) is 56.5 Å². The molecule has 0 saturated heterocycles. The van der Waals surface area contributed by atoms with E-state index in [1.807, 2.05) is 24.3 Å². The molecule has 14 heteroatoms. The first kappa shape index (κ1) is 31.7. The van der Waals surface area contributed by atoms with Crippen LogP contribution < -0.4 is 21.7 Å². The number of nitrogens with two attached hydrogens (primary N) is 1. The van der Waals surface area contributed by atoms with Crippen LogP contribution in [0.3, 0.4) is 0 Å². The topological polar surface area (TPSA) is 240 Å². The lowest BCUT2D eigenvalue weighted by molar-refractivity contribution is -0.147. The maximum Gasteiger partial charge on any atom is 0.326 e. The van der Waals surface area contributed by atoms with E-state index >= 15 is 0 Å². The highest BCUT2D eigenvalue weighted by molar-refractivity contribution is 5.96. The van der Waals surface area contributed by atoms with Crippen LogP contribution in [0.2, 0.25) is 0 Å². The fourth-order valence-electron chi connectivity index (χ4n) is 4.93. The molecule has 232 valence electrons. The Morgan fingerprint density at radius 3 is 1.80 bits per heavy atom. The number of hydrogen-bond donors (Lipinski definition) is 9. The van der Waals surface area contributed by atoms with Gasteiger partial charge in [-0.2, -0.15) is 0 Å². The Labute approximate surface area is 251 Å². The van der Waals surface area contributed by atoms with Crippen LogP contribution in [0.25, 0.3) is 21.8 Å². The minimum absolute atomic E-state index is 0.123. The summed E-state index contributed by atoms with van der Waals surface area (Å²) in [4.78, 5) is 68.6. The molecular weight excluding hydrogens is 572 g/mol. The molecule has 3 amide bonds. The molecule has 4 aromatic rings. The van der Waals surface area contributed by atoms with Crippen LogP contribution in [0.15, 0.2) is 60.9 Å². The molecule has 44 heavy (non-hydrogen) atoms. The van der Waals surface area contributed by atoms with Crippen molar-refractivity contribution in [3.8, 4) is 0 Å². The number of para-hydroxylation sites is 2. The van der Waals surface area contributed by atoms with E-state index in [9.17, 15) is 34.2 Å². The molecule has 14 nitrogen and oxygen atoms in total. The SMILES string of the molecule is CC(O)C(NC(=O)C(N)Cc1c[nH]c2ccccc12)C(=O)NC(Cc1c[nH]c2ccccc12)C(=O)NC(CC(=O)O)C(=O)O. The van der Waals surface area contributed by atoms with Crippen molar-refractivity contribution in [3.05, 3.63) is 72.1 Å². The Bertz CT molecular complexity index is 1680. The summed E-state index contributed by atoms with van der Waals surface area (Å²) in [6.45, 7) is 1.28. The quantitative estimate of drug-likeness (QED) is 0.0948. The summed E-state index contributed by atoms with van der Waals surface area (Å²) in [6.07, 6.45) is 1.07. The molecule has 4 rings (SSSR count). The number of carboxylic acid groups (broad SMARTS) is 2. The first-order valence-corrected chi connectivity index (χ1v) is 13.8. The lowest BCUT2D eigenvalue weighted by Crippen LogP contribution is -2.60. The van der Waals surface area contributed by atoms with Crippen molar-refractivity contribution in [1.82, 2.24) is 25.9 Å². The molecule has 2 aromatic carbocycles. The van der Waals surface area contributed by atoms with Gasteiger partial charge < -0.3 is 47.0 Å². The molecule has 10 N–H and O–H groups in total. The molecule has 0 aliphatic carbocycles. The van der Waals surface area contributed by atoms with Crippen LogP contribution in [0, 0.1) is 0 Å². The minimum Gasteiger partial charge on any atom is -0.481 e. The maximum absolute atomic E-state index is 13.4. The van der Waals surface area contributed by atoms with E-state index < -0.39 is 66.4 Å². The van der Waals surface area contributed by atoms with Crippen molar-refractivity contribution in [2.24, 2.45) is 5.73 Å². The highest BCUT2D eigenvalue weighted by Gasteiger charge is 2.33. The van der Waals surface area contributed by atoms with E-state index in [4.69, 9.17) is 10.8 Å². The van der Waals surface area contributed by atoms with Crippen LogP contribution in [0.4, 0.5) is 0 Å². The number of benzene rings is 2. The van der Waals surface area contributed by atoms with E-state index in [1.165, 1.54) is 6.92 Å². The molecule has 0 spiro atoms. The van der Waals surface area contributed by atoms with E-state index in [2.05, 4.69) is 25.9 Å². The number of amides is 3. The van der Waals surface area contributed by atoms with Crippen molar-refractivity contribution >= 4 is 51.5 Å². The summed E-state index contributed by atoms with van der Waals surface area (Å²) < 4.78 is 0. The smallest absolute Gasteiger partial charge is 0.326 e. The number of hydrogen-bond acceptors (Lipinski definition) is 7. The fraction of sp³-hybridized carbons (Fsp3) is 0.300. The molecule has 0 fully saturated rings. The number of aliphatic hydroxyl groups is 1. The zero-order valence-electron chi connectivity index (χ0n) is 23.7. The van der Waals surface area contributed by atoms with Crippen LogP contribution in [-0.2, 0) is 36.8 Å². The molecule has 0 aliphatic rings. The molecule has 0 saturated carbocycles. The van der Waals surface area contributed by atoms with Crippen molar-refractivity contribution in [2.75, 3.05) is 0 Å². The molecule has 0 aliphatic heterocycles. The van der Waals surface area contributed by atoms with E-state index in [1.54, 1.807) is 36.7 Å². The highest BCUT2D eigenvalue weighted by atomic mass is 16.4. The van der Waals surface area contributed by atoms with Gasteiger partial charge in [0.1, 0.15) is 18.1 Å². The molecular formula is C30H34N6O8. The normalized spacial score (nSPS) is 14.7. The molecule has 2 aromatic heterocycles. The van der Waals surface area contributed by atoms with Gasteiger partial charge >= 0.3 is 11.9 Å². The summed E-state index contributed by atoms with van der Waals surface area (Å²) in [6, 6.07) is 8.86. The fourth-order valence-corrected chi connectivity index (χ4v) is 4.93. The Morgan fingerprint density at radius 1 is 0.750 bits per heavy atom. The van der Waals surface area contributed by atoms with Gasteiger partial charge in [-0.3, -0.25) is 19.2 Å². The zero-order chi connectivity index (χ0) is 32.0. The third-order valence-electron chi connectivity index (χ3n) is 7.24. The van der Waals surface area contributed by atoms with Gasteiger partial charge in [0, 0.05) is 40.6 Å². The van der Waals surface area contributed by atoms with Gasteiger partial charge in [-0.15, -0.1) is 0 Å². The van der Waals surface area contributed by atoms with Gasteiger partial charge in [-0.1, -0.05) is 36.4 Å². The number of carboxylic acids is 2. The van der Waals surface area contributed by atoms with Gasteiger partial charge in [0.05, 0.1) is 18.6 Å². The number of carbonyl (C=O) groups is 5. The second-order valence-corrected chi connectivity index (χ2v) is 10.5. The highest BCUT2D eigenvalue weighted by Crippen LogP contribution is 2.20. The molecule has 2 heterocycles. The summed E-state index contributed by atoms with van der Waals surface area (Å²) in [5.74, 6) is -5.64. The van der Waals surface area contributed by atoms with Crippen molar-refractivity contribution < 1.29 is 39.3 Å². The van der Waals surface area contributed by atoms with Gasteiger partial charge in [-0.05, 0) is 36.6 Å². The lowest BCUT2D eigenvalue weighted by atomic mass is 10.0. The minimum atomic E-state index is -1.77. The number of nitrogens with one attached hydrogen (secondary N) is 5. The summed E-state index contributed by atoms with van der Waals surface area (Å²) in [5, 5.41) is 37.6. The predicted molar refractivity (Wildman–Crippen MR) is 159 cm³/mol. The number of carbonyl (C=O) groups excluding carboxylic acids is 3. The van der Waals surface area contributed by atoms with Gasteiger partial charge in [0.25, 0.3) is 0 Å². The maximum atomic E-state index is 13.4. The third-order valence-corrected chi connectivity index (χ3v) is 7.24. The van der Waals surface area contributed by atoms with Crippen LogP contribution >= 0.6 is 0 Å². The number of aliphatic hydroxyl groups excluding tert-OH is 1. The number of H-pyrrole nitrogens is 2. The van der Waals surface area contributed by atoms with Crippen LogP contribution in [0.5, 0.6) is 0 Å². The largest absolute Gasteiger partial charge is 0.481 e. The number of aromatic nitrogens is 2. The van der Waals surface area contributed by atoms with Crippen molar-refractivity contribution in [1.29, 1.82) is 0 Å². The Kier molecular flexibility index (Phi) is 9.98. The number of aliphatic carboxylic acids is 2. The Hall–Kier alpha value is -5.21. The Balaban J connectivity index is 1.52.